The molecule has 0 unspecified atom stereocenters. The molecule has 0 fully saturated rings. The van der Waals surface area contributed by atoms with E-state index in [9.17, 15) is 8.42 Å². The van der Waals surface area contributed by atoms with Crippen LogP contribution < -0.4 is 4.72 Å². The maximum Gasteiger partial charge on any atom is 0.274 e. The summed E-state index contributed by atoms with van der Waals surface area (Å²) in [6.45, 7) is -0.0387. The van der Waals surface area contributed by atoms with E-state index in [0.717, 1.165) is 0 Å². The first kappa shape index (κ1) is 8.84. The van der Waals surface area contributed by atoms with Crippen LogP contribution >= 0.6 is 0 Å². The highest BCUT2D eigenvalue weighted by molar-refractivity contribution is 7.89. The highest BCUT2D eigenvalue weighted by atomic mass is 32.2. The smallest absolute Gasteiger partial charge is 0.274 e. The van der Waals surface area contributed by atoms with Crippen molar-refractivity contribution in [2.24, 2.45) is 0 Å². The Kier molecular flexibility index (Phi) is 2.53. The molecule has 0 saturated carbocycles. The predicted octanol–water partition coefficient (Wildman–Crippen LogP) is 0.191. The van der Waals surface area contributed by atoms with Gasteiger partial charge < -0.3 is 4.42 Å². The van der Waals surface area contributed by atoms with Crippen LogP contribution in [-0.4, -0.2) is 15.0 Å². The van der Waals surface area contributed by atoms with Crippen LogP contribution in [0.4, 0.5) is 0 Å². The second kappa shape index (κ2) is 3.43. The molecular weight excluding hydrogens is 178 g/mol. The van der Waals surface area contributed by atoms with Gasteiger partial charge >= 0.3 is 0 Å². The summed E-state index contributed by atoms with van der Waals surface area (Å²) in [5.41, 5.74) is 0. The monoisotopic (exact) mass is 185 g/mol. The fraction of sp³-hybridized carbons (Fsp3) is 0.143. The zero-order valence-corrected chi connectivity index (χ0v) is 6.97. The van der Waals surface area contributed by atoms with Crippen LogP contribution in [0.25, 0.3) is 0 Å². The van der Waals surface area contributed by atoms with Crippen LogP contribution in [0, 0.1) is 12.3 Å². The van der Waals surface area contributed by atoms with Gasteiger partial charge in [0.2, 0.25) is 5.09 Å². The Morgan fingerprint density at radius 3 is 2.92 bits per heavy atom. The van der Waals surface area contributed by atoms with E-state index in [0.29, 0.717) is 0 Å². The van der Waals surface area contributed by atoms with Crippen molar-refractivity contribution < 1.29 is 12.8 Å². The summed E-state index contributed by atoms with van der Waals surface area (Å²) in [5.74, 6) is 2.15. The summed E-state index contributed by atoms with van der Waals surface area (Å²) in [7, 11) is -3.54. The maximum atomic E-state index is 11.2. The molecule has 1 aromatic heterocycles. The maximum absolute atomic E-state index is 11.2. The minimum absolute atomic E-state index is 0.0387. The topological polar surface area (TPSA) is 59.3 Å². The highest BCUT2D eigenvalue weighted by Crippen LogP contribution is 2.07. The van der Waals surface area contributed by atoms with Gasteiger partial charge in [-0.25, -0.2) is 8.42 Å². The van der Waals surface area contributed by atoms with E-state index in [2.05, 4.69) is 15.1 Å². The molecule has 0 aliphatic heterocycles. The van der Waals surface area contributed by atoms with Crippen LogP contribution in [0.3, 0.4) is 0 Å². The predicted molar refractivity (Wildman–Crippen MR) is 42.7 cm³/mol. The lowest BCUT2D eigenvalue weighted by atomic mass is 10.7. The Morgan fingerprint density at radius 2 is 2.42 bits per heavy atom. The van der Waals surface area contributed by atoms with E-state index in [4.69, 9.17) is 6.42 Å². The fourth-order valence-corrected chi connectivity index (χ4v) is 1.48. The van der Waals surface area contributed by atoms with Gasteiger partial charge in [0.15, 0.2) is 0 Å². The van der Waals surface area contributed by atoms with Gasteiger partial charge in [0.25, 0.3) is 10.0 Å². The molecule has 1 N–H and O–H groups in total. The van der Waals surface area contributed by atoms with Crippen molar-refractivity contribution >= 4 is 10.0 Å². The first-order chi connectivity index (χ1) is 5.67. The first-order valence-corrected chi connectivity index (χ1v) is 4.62. The molecule has 0 aliphatic carbocycles. The summed E-state index contributed by atoms with van der Waals surface area (Å²) in [4.78, 5) is 0. The molecule has 0 atom stereocenters. The highest BCUT2D eigenvalue weighted by Gasteiger charge is 2.14. The summed E-state index contributed by atoms with van der Waals surface area (Å²) >= 11 is 0. The zero-order valence-electron chi connectivity index (χ0n) is 6.15. The van der Waals surface area contributed by atoms with Crippen molar-refractivity contribution in [3.8, 4) is 12.3 Å². The van der Waals surface area contributed by atoms with Gasteiger partial charge in [-0.05, 0) is 12.1 Å². The van der Waals surface area contributed by atoms with Gasteiger partial charge in [0.05, 0.1) is 12.8 Å². The minimum atomic E-state index is -3.54. The molecule has 0 radical (unpaired) electrons. The van der Waals surface area contributed by atoms with Crippen LogP contribution in [0.2, 0.25) is 0 Å². The van der Waals surface area contributed by atoms with E-state index < -0.39 is 10.0 Å². The molecule has 0 aromatic carbocycles. The number of hydrogen-bond acceptors (Lipinski definition) is 3. The molecular formula is C7H7NO3S. The van der Waals surface area contributed by atoms with Gasteiger partial charge in [-0.15, -0.1) is 6.42 Å². The zero-order chi connectivity index (χ0) is 9.03. The van der Waals surface area contributed by atoms with Gasteiger partial charge in [0, 0.05) is 0 Å². The number of hydrogen-bond donors (Lipinski definition) is 1. The standard InChI is InChI=1S/C7H7NO3S/c1-2-5-8-12(9,10)7-4-3-6-11-7/h1,3-4,6,8H,5H2. The SMILES string of the molecule is C#CCNS(=O)(=O)c1ccco1. The number of rotatable bonds is 3. The van der Waals surface area contributed by atoms with Crippen LogP contribution in [0.1, 0.15) is 0 Å². The molecule has 1 heterocycles. The van der Waals surface area contributed by atoms with Crippen molar-refractivity contribution in [1.29, 1.82) is 0 Å². The first-order valence-electron chi connectivity index (χ1n) is 3.13. The Hall–Kier alpha value is -1.25. The van der Waals surface area contributed by atoms with Crippen molar-refractivity contribution in [2.75, 3.05) is 6.54 Å². The number of furan rings is 1. The lowest BCUT2D eigenvalue weighted by Gasteiger charge is -1.97. The molecule has 1 rings (SSSR count). The van der Waals surface area contributed by atoms with Gasteiger partial charge in [-0.3, -0.25) is 0 Å². The number of nitrogens with one attached hydrogen (secondary N) is 1. The molecule has 0 amide bonds. The Balaban J connectivity index is 2.83. The molecule has 0 aliphatic rings. The van der Waals surface area contributed by atoms with E-state index in [1.54, 1.807) is 0 Å². The van der Waals surface area contributed by atoms with Crippen molar-refractivity contribution in [3.63, 3.8) is 0 Å². The van der Waals surface area contributed by atoms with Crippen molar-refractivity contribution in [2.45, 2.75) is 5.09 Å². The average Bonchev–Trinajstić information content (AvgIpc) is 2.53. The Bertz CT molecular complexity index is 371. The molecule has 12 heavy (non-hydrogen) atoms. The molecule has 0 bridgehead atoms. The number of terminal acetylenes is 1. The molecule has 5 heteroatoms. The second-order valence-corrected chi connectivity index (χ2v) is 3.66. The third-order valence-corrected chi connectivity index (χ3v) is 2.41. The van der Waals surface area contributed by atoms with Crippen LogP contribution in [0.15, 0.2) is 27.9 Å². The molecule has 0 spiro atoms. The van der Waals surface area contributed by atoms with E-state index in [1.165, 1.54) is 18.4 Å². The van der Waals surface area contributed by atoms with Crippen LogP contribution in [0.5, 0.6) is 0 Å². The van der Waals surface area contributed by atoms with Gasteiger partial charge in [-0.2, -0.15) is 4.72 Å². The van der Waals surface area contributed by atoms with E-state index >= 15 is 0 Å². The third kappa shape index (κ3) is 1.87. The summed E-state index contributed by atoms with van der Waals surface area (Å²) in [5, 5.41) is -0.127. The normalized spacial score (nSPS) is 10.9. The fourth-order valence-electron chi connectivity index (χ4n) is 0.624. The molecule has 64 valence electrons. The summed E-state index contributed by atoms with van der Waals surface area (Å²) in [6, 6.07) is 2.84. The lowest BCUT2D eigenvalue weighted by Crippen LogP contribution is -2.23. The van der Waals surface area contributed by atoms with Crippen molar-refractivity contribution in [1.82, 2.24) is 4.72 Å². The summed E-state index contributed by atoms with van der Waals surface area (Å²) < 4.78 is 29.1. The molecule has 0 saturated heterocycles. The van der Waals surface area contributed by atoms with E-state index in [-0.39, 0.29) is 11.6 Å². The summed E-state index contributed by atoms with van der Waals surface area (Å²) in [6.07, 6.45) is 6.16. The minimum Gasteiger partial charge on any atom is -0.452 e. The molecule has 4 nitrogen and oxygen atoms in total. The van der Waals surface area contributed by atoms with Gasteiger partial charge in [0.1, 0.15) is 0 Å². The van der Waals surface area contributed by atoms with Crippen LogP contribution in [-0.2, 0) is 10.0 Å². The Labute approximate surface area is 70.6 Å². The second-order valence-electron chi connectivity index (χ2n) is 1.96. The van der Waals surface area contributed by atoms with Gasteiger partial charge in [-0.1, -0.05) is 5.92 Å². The van der Waals surface area contributed by atoms with E-state index in [1.807, 2.05) is 0 Å². The molecule has 1 aromatic rings. The quantitative estimate of drug-likeness (QED) is 0.684. The lowest BCUT2D eigenvalue weighted by molar-refractivity contribution is 0.447. The largest absolute Gasteiger partial charge is 0.452 e. The Morgan fingerprint density at radius 1 is 1.67 bits per heavy atom. The third-order valence-electron chi connectivity index (χ3n) is 1.12. The number of sulfonamides is 1. The average molecular weight is 185 g/mol. The van der Waals surface area contributed by atoms with Crippen molar-refractivity contribution in [3.05, 3.63) is 18.4 Å².